The van der Waals surface area contributed by atoms with Crippen LogP contribution in [0.15, 0.2) is 36.4 Å². The maximum absolute atomic E-state index is 12.9. The van der Waals surface area contributed by atoms with E-state index >= 15 is 0 Å². The molecule has 0 atom stereocenters. The molecule has 0 fully saturated rings. The number of anilines is 1. The first-order valence-electron chi connectivity index (χ1n) is 6.47. The third kappa shape index (κ3) is 3.39. The molecule has 116 valence electrons. The number of carbonyl (C=O) groups excluding carboxylic acids is 1. The molecule has 0 spiro atoms. The average molecular weight is 309 g/mol. The molecule has 0 bridgehead atoms. The standard InChI is InChI=1S/C16H14F3NO2/c1-9-3-6-14(21)12(7-9)15(22)20-11-5-4-10(2)13(8-11)16(17,18)19/h3-8,21H,1-2H3,(H,20,22). The van der Waals surface area contributed by atoms with Crippen molar-refractivity contribution in [2.45, 2.75) is 20.0 Å². The van der Waals surface area contributed by atoms with Gasteiger partial charge in [-0.3, -0.25) is 4.79 Å². The molecule has 0 aliphatic carbocycles. The van der Waals surface area contributed by atoms with Gasteiger partial charge in [-0.15, -0.1) is 0 Å². The lowest BCUT2D eigenvalue weighted by Crippen LogP contribution is -2.14. The van der Waals surface area contributed by atoms with Crippen LogP contribution in [0, 0.1) is 13.8 Å². The summed E-state index contributed by atoms with van der Waals surface area (Å²) in [6, 6.07) is 7.99. The van der Waals surface area contributed by atoms with Crippen LogP contribution in [0.1, 0.15) is 27.0 Å². The highest BCUT2D eigenvalue weighted by Gasteiger charge is 2.32. The Balaban J connectivity index is 2.31. The third-order valence-electron chi connectivity index (χ3n) is 3.20. The topological polar surface area (TPSA) is 49.3 Å². The minimum absolute atomic E-state index is 0.00846. The van der Waals surface area contributed by atoms with E-state index < -0.39 is 17.6 Å². The maximum atomic E-state index is 12.9. The number of rotatable bonds is 2. The van der Waals surface area contributed by atoms with Crippen LogP contribution in [0.2, 0.25) is 0 Å². The Kier molecular flexibility index (Phi) is 4.12. The molecular weight excluding hydrogens is 295 g/mol. The van der Waals surface area contributed by atoms with Gasteiger partial charge in [0.25, 0.3) is 5.91 Å². The largest absolute Gasteiger partial charge is 0.507 e. The summed E-state index contributed by atoms with van der Waals surface area (Å²) in [5, 5.41) is 12.0. The van der Waals surface area contributed by atoms with Crippen molar-refractivity contribution < 1.29 is 23.1 Å². The number of hydrogen-bond acceptors (Lipinski definition) is 2. The van der Waals surface area contributed by atoms with Crippen LogP contribution < -0.4 is 5.32 Å². The van der Waals surface area contributed by atoms with Gasteiger partial charge in [0.1, 0.15) is 5.75 Å². The SMILES string of the molecule is Cc1ccc(O)c(C(=O)Nc2ccc(C)c(C(F)(F)F)c2)c1. The fourth-order valence-electron chi connectivity index (χ4n) is 2.04. The van der Waals surface area contributed by atoms with Gasteiger partial charge in [0, 0.05) is 5.69 Å². The quantitative estimate of drug-likeness (QED) is 0.870. The molecule has 2 aromatic carbocycles. The molecule has 1 amide bonds. The molecular formula is C16H14F3NO2. The van der Waals surface area contributed by atoms with Crippen LogP contribution in [0.25, 0.3) is 0 Å². The summed E-state index contributed by atoms with van der Waals surface area (Å²) in [6.45, 7) is 3.09. The molecule has 3 nitrogen and oxygen atoms in total. The van der Waals surface area contributed by atoms with Gasteiger partial charge >= 0.3 is 6.18 Å². The van der Waals surface area contributed by atoms with Gasteiger partial charge < -0.3 is 10.4 Å². The van der Waals surface area contributed by atoms with E-state index in [0.717, 1.165) is 11.6 Å². The lowest BCUT2D eigenvalue weighted by atomic mass is 10.1. The van der Waals surface area contributed by atoms with E-state index in [-0.39, 0.29) is 22.6 Å². The summed E-state index contributed by atoms with van der Waals surface area (Å²) in [7, 11) is 0. The second-order valence-corrected chi connectivity index (χ2v) is 5.00. The predicted molar refractivity (Wildman–Crippen MR) is 77.0 cm³/mol. The molecule has 6 heteroatoms. The van der Waals surface area contributed by atoms with Gasteiger partial charge in [-0.1, -0.05) is 17.7 Å². The minimum atomic E-state index is -4.49. The second kappa shape index (κ2) is 5.71. The lowest BCUT2D eigenvalue weighted by molar-refractivity contribution is -0.138. The first kappa shape index (κ1) is 15.9. The normalized spacial score (nSPS) is 11.3. The summed E-state index contributed by atoms with van der Waals surface area (Å²) in [6.07, 6.45) is -4.49. The van der Waals surface area contributed by atoms with Gasteiger partial charge in [-0.25, -0.2) is 0 Å². The van der Waals surface area contributed by atoms with E-state index in [2.05, 4.69) is 5.32 Å². The number of amides is 1. The van der Waals surface area contributed by atoms with E-state index in [0.29, 0.717) is 0 Å². The van der Waals surface area contributed by atoms with Gasteiger partial charge in [0.15, 0.2) is 0 Å². The Labute approximate surface area is 125 Å². The molecule has 0 aromatic heterocycles. The van der Waals surface area contributed by atoms with Gasteiger partial charge in [-0.2, -0.15) is 13.2 Å². The molecule has 2 N–H and O–H groups in total. The number of alkyl halides is 3. The van der Waals surface area contributed by atoms with Gasteiger partial charge in [-0.05, 0) is 43.7 Å². The van der Waals surface area contributed by atoms with E-state index in [9.17, 15) is 23.1 Å². The van der Waals surface area contributed by atoms with E-state index in [1.807, 2.05) is 0 Å². The number of carbonyl (C=O) groups is 1. The number of phenolic OH excluding ortho intramolecular Hbond substituents is 1. The zero-order valence-corrected chi connectivity index (χ0v) is 12.0. The van der Waals surface area contributed by atoms with E-state index in [1.165, 1.54) is 31.2 Å². The smallest absolute Gasteiger partial charge is 0.416 e. The fourth-order valence-corrected chi connectivity index (χ4v) is 2.04. The summed E-state index contributed by atoms with van der Waals surface area (Å²) in [5.74, 6) is -0.899. The molecule has 2 rings (SSSR count). The molecule has 0 saturated heterocycles. The molecule has 22 heavy (non-hydrogen) atoms. The highest BCUT2D eigenvalue weighted by Crippen LogP contribution is 2.33. The summed E-state index contributed by atoms with van der Waals surface area (Å²) in [4.78, 5) is 12.1. The lowest BCUT2D eigenvalue weighted by Gasteiger charge is -2.13. The number of aryl methyl sites for hydroxylation is 2. The molecule has 2 aromatic rings. The first-order chi connectivity index (χ1) is 10.2. The van der Waals surface area contributed by atoms with Crippen LogP contribution in [0.5, 0.6) is 5.75 Å². The number of benzene rings is 2. The minimum Gasteiger partial charge on any atom is -0.507 e. The van der Waals surface area contributed by atoms with Crippen LogP contribution >= 0.6 is 0 Å². The van der Waals surface area contributed by atoms with Crippen LogP contribution in [0.3, 0.4) is 0 Å². The maximum Gasteiger partial charge on any atom is 0.416 e. The van der Waals surface area contributed by atoms with Crippen LogP contribution in [-0.2, 0) is 6.18 Å². The van der Waals surface area contributed by atoms with Crippen molar-refractivity contribution in [2.75, 3.05) is 5.32 Å². The van der Waals surface area contributed by atoms with Gasteiger partial charge in [0.05, 0.1) is 11.1 Å². The molecule has 0 aliphatic rings. The Morgan fingerprint density at radius 3 is 2.41 bits per heavy atom. The number of aromatic hydroxyl groups is 1. The Bertz CT molecular complexity index is 724. The number of halogens is 3. The van der Waals surface area contributed by atoms with Crippen molar-refractivity contribution in [3.05, 3.63) is 58.7 Å². The van der Waals surface area contributed by atoms with Crippen molar-refractivity contribution >= 4 is 11.6 Å². The average Bonchev–Trinajstić information content (AvgIpc) is 2.42. The Hall–Kier alpha value is -2.50. The van der Waals surface area contributed by atoms with Crippen molar-refractivity contribution in [1.29, 1.82) is 0 Å². The number of nitrogens with one attached hydrogen (secondary N) is 1. The van der Waals surface area contributed by atoms with E-state index in [1.54, 1.807) is 13.0 Å². The van der Waals surface area contributed by atoms with Crippen LogP contribution in [0.4, 0.5) is 18.9 Å². The third-order valence-corrected chi connectivity index (χ3v) is 3.20. The van der Waals surface area contributed by atoms with Crippen molar-refractivity contribution in [1.82, 2.24) is 0 Å². The summed E-state index contributed by atoms with van der Waals surface area (Å²) < 4.78 is 38.6. The molecule has 0 unspecified atom stereocenters. The molecule has 0 radical (unpaired) electrons. The first-order valence-corrected chi connectivity index (χ1v) is 6.47. The Morgan fingerprint density at radius 2 is 1.77 bits per heavy atom. The molecule has 0 heterocycles. The highest BCUT2D eigenvalue weighted by atomic mass is 19.4. The number of phenols is 1. The second-order valence-electron chi connectivity index (χ2n) is 5.00. The zero-order chi connectivity index (χ0) is 16.5. The highest BCUT2D eigenvalue weighted by molar-refractivity contribution is 6.06. The van der Waals surface area contributed by atoms with Crippen molar-refractivity contribution in [3.63, 3.8) is 0 Å². The summed E-state index contributed by atoms with van der Waals surface area (Å²) >= 11 is 0. The fraction of sp³-hybridized carbons (Fsp3) is 0.188. The monoisotopic (exact) mass is 309 g/mol. The van der Waals surface area contributed by atoms with Gasteiger partial charge in [0.2, 0.25) is 0 Å². The molecule has 0 aliphatic heterocycles. The summed E-state index contributed by atoms with van der Waals surface area (Å²) in [5.41, 5.74) is 0.0449. The Morgan fingerprint density at radius 1 is 1.09 bits per heavy atom. The number of hydrogen-bond donors (Lipinski definition) is 2. The predicted octanol–water partition coefficient (Wildman–Crippen LogP) is 4.28. The zero-order valence-electron chi connectivity index (χ0n) is 12.0. The van der Waals surface area contributed by atoms with Crippen LogP contribution in [-0.4, -0.2) is 11.0 Å². The molecule has 0 saturated carbocycles. The van der Waals surface area contributed by atoms with Crippen molar-refractivity contribution in [2.24, 2.45) is 0 Å². The van der Waals surface area contributed by atoms with E-state index in [4.69, 9.17) is 0 Å². The van der Waals surface area contributed by atoms with Crippen molar-refractivity contribution in [3.8, 4) is 5.75 Å².